The van der Waals surface area contributed by atoms with Gasteiger partial charge in [0, 0.05) is 6.54 Å². The molecule has 0 saturated heterocycles. The van der Waals surface area contributed by atoms with E-state index in [0.717, 1.165) is 18.9 Å². The molecule has 3 N–H and O–H groups in total. The van der Waals surface area contributed by atoms with E-state index in [2.05, 4.69) is 0 Å². The Kier molecular flexibility index (Phi) is 5.29. The lowest BCUT2D eigenvalue weighted by Crippen LogP contribution is -2.35. The Morgan fingerprint density at radius 3 is 2.63 bits per heavy atom. The Hall–Kier alpha value is -2.11. The van der Waals surface area contributed by atoms with E-state index >= 15 is 0 Å². The fourth-order valence-corrected chi connectivity index (χ4v) is 1.78. The van der Waals surface area contributed by atoms with Crippen molar-refractivity contribution in [3.8, 4) is 0 Å². The van der Waals surface area contributed by atoms with Crippen molar-refractivity contribution in [2.75, 3.05) is 18.0 Å². The van der Waals surface area contributed by atoms with Crippen molar-refractivity contribution in [1.29, 1.82) is 0 Å². The van der Waals surface area contributed by atoms with Gasteiger partial charge < -0.3 is 15.7 Å². The molecule has 0 unspecified atom stereocenters. The van der Waals surface area contributed by atoms with E-state index in [1.54, 1.807) is 4.90 Å². The van der Waals surface area contributed by atoms with Crippen molar-refractivity contribution in [1.82, 2.24) is 0 Å². The topological polar surface area (TPSA) is 83.6 Å². The molecule has 0 aliphatic rings. The summed E-state index contributed by atoms with van der Waals surface area (Å²) in [5, 5.41) is 9.09. The van der Waals surface area contributed by atoms with Gasteiger partial charge in [0.25, 0.3) is 0 Å². The minimum absolute atomic E-state index is 0.0914. The average molecular weight is 268 g/mol. The number of benzene rings is 1. The maximum atomic E-state index is 13.1. The first-order valence-electron chi connectivity index (χ1n) is 6.01. The molecule has 0 radical (unpaired) electrons. The van der Waals surface area contributed by atoms with Crippen LogP contribution in [0.3, 0.4) is 0 Å². The number of unbranched alkanes of at least 4 members (excludes halogenated alkanes) is 1. The van der Waals surface area contributed by atoms with Gasteiger partial charge in [-0.2, -0.15) is 0 Å². The van der Waals surface area contributed by atoms with Crippen molar-refractivity contribution in [3.63, 3.8) is 0 Å². The Morgan fingerprint density at radius 2 is 2.11 bits per heavy atom. The second-order valence-electron chi connectivity index (χ2n) is 4.21. The minimum atomic E-state index is -1.24. The predicted octanol–water partition coefficient (Wildman–Crippen LogP) is 1.62. The quantitative estimate of drug-likeness (QED) is 0.787. The first-order valence-corrected chi connectivity index (χ1v) is 6.01. The highest BCUT2D eigenvalue weighted by Gasteiger charge is 2.18. The van der Waals surface area contributed by atoms with Crippen LogP contribution in [0.1, 0.15) is 30.1 Å². The van der Waals surface area contributed by atoms with Crippen molar-refractivity contribution in [3.05, 3.63) is 29.6 Å². The molecule has 1 rings (SSSR count). The van der Waals surface area contributed by atoms with Gasteiger partial charge in [0.05, 0.1) is 17.8 Å². The SMILES string of the molecule is CCCCN(CC(N)=O)c1ccc(F)cc1C(=O)O. The zero-order chi connectivity index (χ0) is 14.4. The van der Waals surface area contributed by atoms with Crippen LogP contribution in [-0.2, 0) is 4.79 Å². The molecule has 104 valence electrons. The number of amides is 1. The molecule has 5 nitrogen and oxygen atoms in total. The van der Waals surface area contributed by atoms with Crippen LogP contribution in [0.5, 0.6) is 0 Å². The molecular weight excluding hydrogens is 251 g/mol. The number of carboxylic acids is 1. The number of aromatic carboxylic acids is 1. The molecule has 0 aromatic heterocycles. The van der Waals surface area contributed by atoms with Gasteiger partial charge in [0.1, 0.15) is 5.82 Å². The first-order chi connectivity index (χ1) is 8.95. The minimum Gasteiger partial charge on any atom is -0.478 e. The van der Waals surface area contributed by atoms with Gasteiger partial charge in [-0.3, -0.25) is 4.79 Å². The number of halogens is 1. The van der Waals surface area contributed by atoms with Gasteiger partial charge in [0.2, 0.25) is 5.91 Å². The summed E-state index contributed by atoms with van der Waals surface area (Å²) < 4.78 is 13.1. The molecule has 0 heterocycles. The number of carboxylic acid groups (broad SMARTS) is 1. The molecule has 0 fully saturated rings. The summed E-state index contributed by atoms with van der Waals surface area (Å²) in [5.41, 5.74) is 5.29. The van der Waals surface area contributed by atoms with Crippen molar-refractivity contribution >= 4 is 17.6 Å². The number of hydrogen-bond acceptors (Lipinski definition) is 3. The molecule has 0 saturated carbocycles. The number of nitrogens with zero attached hydrogens (tertiary/aromatic N) is 1. The van der Waals surface area contributed by atoms with Crippen LogP contribution in [0.4, 0.5) is 10.1 Å². The van der Waals surface area contributed by atoms with E-state index in [0.29, 0.717) is 12.2 Å². The monoisotopic (exact) mass is 268 g/mol. The normalized spacial score (nSPS) is 10.2. The van der Waals surface area contributed by atoms with Crippen LogP contribution >= 0.6 is 0 Å². The Bertz CT molecular complexity index is 477. The predicted molar refractivity (Wildman–Crippen MR) is 69.7 cm³/mol. The molecule has 0 aliphatic heterocycles. The second kappa shape index (κ2) is 6.72. The maximum Gasteiger partial charge on any atom is 0.337 e. The van der Waals surface area contributed by atoms with E-state index in [1.165, 1.54) is 12.1 Å². The third kappa shape index (κ3) is 4.24. The zero-order valence-corrected chi connectivity index (χ0v) is 10.7. The van der Waals surface area contributed by atoms with Gasteiger partial charge in [-0.25, -0.2) is 9.18 Å². The largest absolute Gasteiger partial charge is 0.478 e. The highest BCUT2D eigenvalue weighted by atomic mass is 19.1. The average Bonchev–Trinajstić information content (AvgIpc) is 2.34. The number of rotatable bonds is 7. The van der Waals surface area contributed by atoms with Crippen LogP contribution < -0.4 is 10.6 Å². The smallest absolute Gasteiger partial charge is 0.337 e. The van der Waals surface area contributed by atoms with Gasteiger partial charge in [0.15, 0.2) is 0 Å². The number of hydrogen-bond donors (Lipinski definition) is 2. The maximum absolute atomic E-state index is 13.1. The summed E-state index contributed by atoms with van der Waals surface area (Å²) in [6.45, 7) is 2.38. The molecule has 0 atom stereocenters. The summed E-state index contributed by atoms with van der Waals surface area (Å²) in [6.07, 6.45) is 1.67. The highest BCUT2D eigenvalue weighted by molar-refractivity contribution is 5.95. The Balaban J connectivity index is 3.12. The number of anilines is 1. The van der Waals surface area contributed by atoms with Crippen LogP contribution in [-0.4, -0.2) is 30.1 Å². The van der Waals surface area contributed by atoms with E-state index in [4.69, 9.17) is 10.8 Å². The second-order valence-corrected chi connectivity index (χ2v) is 4.21. The molecule has 0 aliphatic carbocycles. The molecule has 19 heavy (non-hydrogen) atoms. The van der Waals surface area contributed by atoms with E-state index in [9.17, 15) is 14.0 Å². The number of nitrogens with two attached hydrogens (primary N) is 1. The van der Waals surface area contributed by atoms with E-state index in [-0.39, 0.29) is 12.1 Å². The standard InChI is InChI=1S/C13H17FN2O3/c1-2-3-6-16(8-12(15)17)11-5-4-9(14)7-10(11)13(18)19/h4-5,7H,2-3,6,8H2,1H3,(H2,15,17)(H,18,19). The zero-order valence-electron chi connectivity index (χ0n) is 10.7. The lowest BCUT2D eigenvalue weighted by atomic mass is 10.1. The summed E-state index contributed by atoms with van der Waals surface area (Å²) in [4.78, 5) is 23.7. The summed E-state index contributed by atoms with van der Waals surface area (Å²) >= 11 is 0. The Labute approximate surface area is 110 Å². The van der Waals surface area contributed by atoms with Gasteiger partial charge in [-0.15, -0.1) is 0 Å². The van der Waals surface area contributed by atoms with Crippen molar-refractivity contribution < 1.29 is 19.1 Å². The molecule has 1 aromatic carbocycles. The van der Waals surface area contributed by atoms with Crippen molar-refractivity contribution in [2.45, 2.75) is 19.8 Å². The third-order valence-electron chi connectivity index (χ3n) is 2.66. The molecule has 0 spiro atoms. The van der Waals surface area contributed by atoms with Crippen LogP contribution in [0, 0.1) is 5.82 Å². The van der Waals surface area contributed by atoms with E-state index in [1.807, 2.05) is 6.92 Å². The fraction of sp³-hybridized carbons (Fsp3) is 0.385. The molecule has 1 aromatic rings. The van der Waals surface area contributed by atoms with Gasteiger partial charge >= 0.3 is 5.97 Å². The van der Waals surface area contributed by atoms with Crippen molar-refractivity contribution in [2.24, 2.45) is 5.73 Å². The Morgan fingerprint density at radius 1 is 1.42 bits per heavy atom. The van der Waals surface area contributed by atoms with Gasteiger partial charge in [-0.05, 0) is 24.6 Å². The molecule has 0 bridgehead atoms. The number of primary amides is 1. The van der Waals surface area contributed by atoms with Crippen LogP contribution in [0.15, 0.2) is 18.2 Å². The van der Waals surface area contributed by atoms with Crippen LogP contribution in [0.25, 0.3) is 0 Å². The van der Waals surface area contributed by atoms with Crippen LogP contribution in [0.2, 0.25) is 0 Å². The summed E-state index contributed by atoms with van der Waals surface area (Å²) in [6, 6.07) is 3.47. The lowest BCUT2D eigenvalue weighted by molar-refractivity contribution is -0.116. The third-order valence-corrected chi connectivity index (χ3v) is 2.66. The lowest BCUT2D eigenvalue weighted by Gasteiger charge is -2.24. The fourth-order valence-electron chi connectivity index (χ4n) is 1.78. The summed E-state index contributed by atoms with van der Waals surface area (Å²) in [5.74, 6) is -2.42. The number of carbonyl (C=O) groups is 2. The van der Waals surface area contributed by atoms with Gasteiger partial charge in [-0.1, -0.05) is 13.3 Å². The first kappa shape index (κ1) is 14.9. The molecular formula is C13H17FN2O3. The summed E-state index contributed by atoms with van der Waals surface area (Å²) in [7, 11) is 0. The number of carbonyl (C=O) groups excluding carboxylic acids is 1. The highest BCUT2D eigenvalue weighted by Crippen LogP contribution is 2.22. The molecule has 6 heteroatoms. The molecule has 1 amide bonds. The van der Waals surface area contributed by atoms with E-state index < -0.39 is 17.7 Å².